The molecule has 1 amide bonds. The number of amides is 1. The molecule has 3 aromatic rings. The molecule has 0 fully saturated rings. The van der Waals surface area contributed by atoms with Gasteiger partial charge in [0.2, 0.25) is 0 Å². The number of Topliss-reactive ketones (excluding diaryl/α,β-unsaturated/α-hetero) is 1. The number of benzene rings is 1. The third kappa shape index (κ3) is 3.97. The van der Waals surface area contributed by atoms with Crippen molar-refractivity contribution in [2.24, 2.45) is 0 Å². The number of hydrogen-bond acceptors (Lipinski definition) is 5. The van der Waals surface area contributed by atoms with Crippen molar-refractivity contribution in [1.29, 1.82) is 0 Å². The van der Waals surface area contributed by atoms with Crippen LogP contribution in [0.25, 0.3) is 0 Å². The molecule has 1 aromatic carbocycles. The smallest absolute Gasteiger partial charge is 0.252 e. The van der Waals surface area contributed by atoms with E-state index in [0.29, 0.717) is 10.4 Å². The first-order valence-corrected chi connectivity index (χ1v) is 8.90. The maximum Gasteiger partial charge on any atom is 0.252 e. The van der Waals surface area contributed by atoms with Crippen molar-refractivity contribution in [1.82, 2.24) is 10.3 Å². The molecule has 132 valence electrons. The fourth-order valence-corrected chi connectivity index (χ4v) is 3.36. The van der Waals surface area contributed by atoms with Gasteiger partial charge in [-0.3, -0.25) is 14.6 Å². The second-order valence-electron chi connectivity index (χ2n) is 5.72. The molecule has 0 bridgehead atoms. The topological polar surface area (TPSA) is 68.3 Å². The number of hydrogen-bond donors (Lipinski definition) is 1. The van der Waals surface area contributed by atoms with Crippen LogP contribution in [0.3, 0.4) is 0 Å². The van der Waals surface area contributed by atoms with Crippen LogP contribution in [-0.4, -0.2) is 23.8 Å². The number of ether oxygens (including phenoxy) is 1. The Morgan fingerprint density at radius 3 is 2.31 bits per heavy atom. The van der Waals surface area contributed by atoms with Crippen LogP contribution in [0, 0.1) is 0 Å². The summed E-state index contributed by atoms with van der Waals surface area (Å²) in [5.41, 5.74) is 2.32. The molecule has 0 saturated carbocycles. The number of carbonyl (C=O) groups is 2. The molecule has 5 nitrogen and oxygen atoms in total. The number of carbonyl (C=O) groups excluding carboxylic acids is 2. The number of nitrogens with one attached hydrogen (secondary N) is 1. The zero-order valence-electron chi connectivity index (χ0n) is 14.4. The number of thiophene rings is 1. The zero-order chi connectivity index (χ0) is 18.5. The van der Waals surface area contributed by atoms with Crippen LogP contribution in [0.2, 0.25) is 0 Å². The second-order valence-corrected chi connectivity index (χ2v) is 6.63. The van der Waals surface area contributed by atoms with E-state index < -0.39 is 0 Å². The Hall–Kier alpha value is -2.99. The van der Waals surface area contributed by atoms with E-state index in [1.54, 1.807) is 30.9 Å². The van der Waals surface area contributed by atoms with Crippen molar-refractivity contribution < 1.29 is 14.3 Å². The Labute approximate surface area is 155 Å². The van der Waals surface area contributed by atoms with Gasteiger partial charge in [-0.15, -0.1) is 11.3 Å². The van der Waals surface area contributed by atoms with Gasteiger partial charge in [0, 0.05) is 17.8 Å². The largest absolute Gasteiger partial charge is 0.497 e. The van der Waals surface area contributed by atoms with Crippen LogP contribution in [0.4, 0.5) is 0 Å². The minimum Gasteiger partial charge on any atom is -0.497 e. The monoisotopic (exact) mass is 366 g/mol. The number of methoxy groups -OCH3 is 1. The predicted molar refractivity (Wildman–Crippen MR) is 101 cm³/mol. The second kappa shape index (κ2) is 7.93. The van der Waals surface area contributed by atoms with E-state index in [-0.39, 0.29) is 17.7 Å². The Morgan fingerprint density at radius 1 is 1.08 bits per heavy atom. The van der Waals surface area contributed by atoms with Gasteiger partial charge in [0.25, 0.3) is 5.91 Å². The molecule has 26 heavy (non-hydrogen) atoms. The average Bonchev–Trinajstić information content (AvgIpc) is 3.17. The van der Waals surface area contributed by atoms with Crippen LogP contribution in [-0.2, 0) is 0 Å². The highest BCUT2D eigenvalue weighted by atomic mass is 32.1. The average molecular weight is 366 g/mol. The van der Waals surface area contributed by atoms with E-state index in [1.165, 1.54) is 18.3 Å². The Kier molecular flexibility index (Phi) is 5.43. The van der Waals surface area contributed by atoms with Gasteiger partial charge in [-0.25, -0.2) is 0 Å². The summed E-state index contributed by atoms with van der Waals surface area (Å²) in [6.07, 6.45) is 3.38. The van der Waals surface area contributed by atoms with Crippen LogP contribution in [0.15, 0.2) is 60.2 Å². The van der Waals surface area contributed by atoms with E-state index in [1.807, 2.05) is 36.4 Å². The van der Waals surface area contributed by atoms with Gasteiger partial charge in [-0.05, 0) is 48.4 Å². The lowest BCUT2D eigenvalue weighted by atomic mass is 9.99. The molecule has 0 aliphatic heterocycles. The maximum absolute atomic E-state index is 12.7. The molecule has 0 aliphatic rings. The lowest BCUT2D eigenvalue weighted by Gasteiger charge is -2.19. The Balaban J connectivity index is 1.90. The van der Waals surface area contributed by atoms with E-state index in [2.05, 4.69) is 10.3 Å². The minimum atomic E-state index is -0.336. The van der Waals surface area contributed by atoms with Gasteiger partial charge in [-0.1, -0.05) is 12.1 Å². The molecule has 2 aromatic heterocycles. The van der Waals surface area contributed by atoms with Gasteiger partial charge in [0.05, 0.1) is 23.6 Å². The third-order valence-electron chi connectivity index (χ3n) is 3.97. The first-order valence-electron chi connectivity index (χ1n) is 8.02. The number of pyridine rings is 1. The standard InChI is InChI=1S/C20H18N2O3S/c1-13(23)18-11-16(12-26-18)20(24)22-19(15-7-9-21-10-8-15)14-3-5-17(25-2)6-4-14/h3-12,19H,1-2H3,(H,22,24)/t19-/m1/s1. The molecule has 2 heterocycles. The summed E-state index contributed by atoms with van der Waals surface area (Å²) in [7, 11) is 1.61. The summed E-state index contributed by atoms with van der Waals surface area (Å²) in [5, 5.41) is 4.74. The summed E-state index contributed by atoms with van der Waals surface area (Å²) >= 11 is 1.27. The Bertz CT molecular complexity index is 904. The highest BCUT2D eigenvalue weighted by Crippen LogP contribution is 2.25. The van der Waals surface area contributed by atoms with Crippen molar-refractivity contribution in [2.75, 3.05) is 7.11 Å². The number of nitrogens with zero attached hydrogens (tertiary/aromatic N) is 1. The molecule has 0 radical (unpaired) electrons. The summed E-state index contributed by atoms with van der Waals surface area (Å²) < 4.78 is 5.20. The molecule has 0 aliphatic carbocycles. The van der Waals surface area contributed by atoms with Gasteiger partial charge >= 0.3 is 0 Å². The normalized spacial score (nSPS) is 11.6. The van der Waals surface area contributed by atoms with Crippen molar-refractivity contribution in [3.63, 3.8) is 0 Å². The van der Waals surface area contributed by atoms with Crippen LogP contribution in [0.1, 0.15) is 44.1 Å². The van der Waals surface area contributed by atoms with Crippen molar-refractivity contribution in [2.45, 2.75) is 13.0 Å². The van der Waals surface area contributed by atoms with Gasteiger partial charge in [0.1, 0.15) is 5.75 Å². The fraction of sp³-hybridized carbons (Fsp3) is 0.150. The van der Waals surface area contributed by atoms with Crippen molar-refractivity contribution in [3.05, 3.63) is 81.8 Å². The first kappa shape index (κ1) is 17.8. The number of ketones is 1. The lowest BCUT2D eigenvalue weighted by molar-refractivity contribution is 0.0943. The highest BCUT2D eigenvalue weighted by Gasteiger charge is 2.19. The predicted octanol–water partition coefficient (Wildman–Crippen LogP) is 3.87. The summed E-state index contributed by atoms with van der Waals surface area (Å²) in [6, 6.07) is 12.6. The van der Waals surface area contributed by atoms with E-state index in [4.69, 9.17) is 4.74 Å². The van der Waals surface area contributed by atoms with Crippen LogP contribution >= 0.6 is 11.3 Å². The van der Waals surface area contributed by atoms with Gasteiger partial charge in [0.15, 0.2) is 5.78 Å². The number of aromatic nitrogens is 1. The van der Waals surface area contributed by atoms with E-state index >= 15 is 0 Å². The SMILES string of the molecule is COc1ccc([C@@H](NC(=O)c2csc(C(C)=O)c2)c2ccncc2)cc1. The van der Waals surface area contributed by atoms with E-state index in [9.17, 15) is 9.59 Å². The van der Waals surface area contributed by atoms with Crippen LogP contribution < -0.4 is 10.1 Å². The molecular formula is C20H18N2O3S. The van der Waals surface area contributed by atoms with Crippen molar-refractivity contribution in [3.8, 4) is 5.75 Å². The quantitative estimate of drug-likeness (QED) is 0.673. The molecule has 1 N–H and O–H groups in total. The third-order valence-corrected chi connectivity index (χ3v) is 5.00. The number of rotatable bonds is 6. The summed E-state index contributed by atoms with van der Waals surface area (Å²) in [6.45, 7) is 1.49. The molecule has 3 rings (SSSR count). The molecule has 0 saturated heterocycles. The van der Waals surface area contributed by atoms with Gasteiger partial charge < -0.3 is 10.1 Å². The zero-order valence-corrected chi connectivity index (χ0v) is 15.2. The fourth-order valence-electron chi connectivity index (χ4n) is 2.57. The minimum absolute atomic E-state index is 0.0464. The lowest BCUT2D eigenvalue weighted by Crippen LogP contribution is -2.29. The summed E-state index contributed by atoms with van der Waals surface area (Å²) in [4.78, 5) is 28.8. The highest BCUT2D eigenvalue weighted by molar-refractivity contribution is 7.12. The molecule has 1 atom stereocenters. The first-order chi connectivity index (χ1) is 12.6. The van der Waals surface area contributed by atoms with Gasteiger partial charge in [-0.2, -0.15) is 0 Å². The molecule has 0 unspecified atom stereocenters. The van der Waals surface area contributed by atoms with E-state index in [0.717, 1.165) is 16.9 Å². The maximum atomic E-state index is 12.7. The Morgan fingerprint density at radius 2 is 1.73 bits per heavy atom. The molecule has 0 spiro atoms. The summed E-state index contributed by atoms with van der Waals surface area (Å²) in [5.74, 6) is 0.471. The molecule has 6 heteroatoms. The molecular weight excluding hydrogens is 348 g/mol. The van der Waals surface area contributed by atoms with Crippen LogP contribution in [0.5, 0.6) is 5.75 Å². The van der Waals surface area contributed by atoms with Crippen molar-refractivity contribution >= 4 is 23.0 Å².